The first-order valence-electron chi connectivity index (χ1n) is 6.89. The Kier molecular flexibility index (Phi) is 3.89. The lowest BCUT2D eigenvalue weighted by atomic mass is 10.1. The summed E-state index contributed by atoms with van der Waals surface area (Å²) < 4.78 is 0. The first kappa shape index (κ1) is 13.8. The minimum atomic E-state index is 0.00935. The molecule has 0 spiro atoms. The van der Waals surface area contributed by atoms with E-state index < -0.39 is 0 Å². The molecule has 2 heterocycles. The third-order valence-electron chi connectivity index (χ3n) is 3.63. The molecule has 0 radical (unpaired) electrons. The molecule has 1 fully saturated rings. The largest absolute Gasteiger partial charge is 0.346 e. The molecule has 0 bridgehead atoms. The second-order valence-corrected chi connectivity index (χ2v) is 7.38. The Morgan fingerprint density at radius 3 is 2.85 bits per heavy atom. The van der Waals surface area contributed by atoms with Crippen LogP contribution in [0.4, 0.5) is 0 Å². The SMILES string of the molecule is Cc1nc(C(Cc2ccsc2)NC(=O)C2CC2)sc1C. The average molecular weight is 306 g/mol. The number of nitrogens with one attached hydrogen (secondary N) is 1. The summed E-state index contributed by atoms with van der Waals surface area (Å²) in [5, 5.41) is 8.43. The van der Waals surface area contributed by atoms with Gasteiger partial charge in [0.15, 0.2) is 0 Å². The maximum absolute atomic E-state index is 12.1. The molecule has 20 heavy (non-hydrogen) atoms. The summed E-state index contributed by atoms with van der Waals surface area (Å²) in [6, 6.07) is 2.13. The average Bonchev–Trinajstić information content (AvgIpc) is 3.06. The number of aryl methyl sites for hydroxylation is 2. The number of nitrogens with zero attached hydrogens (tertiary/aromatic N) is 1. The predicted octanol–water partition coefficient (Wildman–Crippen LogP) is 3.63. The van der Waals surface area contributed by atoms with Crippen LogP contribution in [-0.2, 0) is 11.2 Å². The van der Waals surface area contributed by atoms with Crippen molar-refractivity contribution in [2.24, 2.45) is 5.92 Å². The van der Waals surface area contributed by atoms with E-state index in [2.05, 4.69) is 34.1 Å². The van der Waals surface area contributed by atoms with Crippen LogP contribution in [0, 0.1) is 19.8 Å². The fraction of sp³-hybridized carbons (Fsp3) is 0.467. The summed E-state index contributed by atoms with van der Waals surface area (Å²) in [5.74, 6) is 0.429. The number of rotatable bonds is 5. The molecular formula is C15H18N2OS2. The Morgan fingerprint density at radius 1 is 1.50 bits per heavy atom. The van der Waals surface area contributed by atoms with Crippen molar-refractivity contribution in [2.45, 2.75) is 39.2 Å². The van der Waals surface area contributed by atoms with Gasteiger partial charge in [-0.05, 0) is 49.1 Å². The Labute approximate surface area is 127 Å². The number of hydrogen-bond donors (Lipinski definition) is 1. The molecule has 1 unspecified atom stereocenters. The van der Waals surface area contributed by atoms with Crippen LogP contribution in [0.2, 0.25) is 0 Å². The second-order valence-electron chi connectivity index (χ2n) is 5.36. The van der Waals surface area contributed by atoms with E-state index in [4.69, 9.17) is 0 Å². The van der Waals surface area contributed by atoms with Gasteiger partial charge in [-0.15, -0.1) is 11.3 Å². The zero-order chi connectivity index (χ0) is 14.1. The summed E-state index contributed by atoms with van der Waals surface area (Å²) >= 11 is 3.39. The van der Waals surface area contributed by atoms with Gasteiger partial charge in [-0.25, -0.2) is 4.98 Å². The molecule has 1 saturated carbocycles. The minimum absolute atomic E-state index is 0.00935. The van der Waals surface area contributed by atoms with Gasteiger partial charge in [-0.3, -0.25) is 4.79 Å². The Morgan fingerprint density at radius 2 is 2.30 bits per heavy atom. The number of carbonyl (C=O) groups is 1. The highest BCUT2D eigenvalue weighted by Crippen LogP contribution is 2.31. The molecule has 106 valence electrons. The predicted molar refractivity (Wildman–Crippen MR) is 83.2 cm³/mol. The molecule has 1 atom stereocenters. The fourth-order valence-electron chi connectivity index (χ4n) is 2.13. The third kappa shape index (κ3) is 3.10. The maximum atomic E-state index is 12.1. The number of thiazole rings is 1. The van der Waals surface area contributed by atoms with Crippen molar-refractivity contribution in [3.63, 3.8) is 0 Å². The van der Waals surface area contributed by atoms with E-state index in [-0.39, 0.29) is 17.9 Å². The van der Waals surface area contributed by atoms with Crippen LogP contribution in [0.15, 0.2) is 16.8 Å². The highest BCUT2D eigenvalue weighted by atomic mass is 32.1. The third-order valence-corrected chi connectivity index (χ3v) is 5.55. The van der Waals surface area contributed by atoms with Crippen LogP contribution >= 0.6 is 22.7 Å². The lowest BCUT2D eigenvalue weighted by Gasteiger charge is -2.16. The normalized spacial score (nSPS) is 16.1. The monoisotopic (exact) mass is 306 g/mol. The summed E-state index contributed by atoms with van der Waals surface area (Å²) in [4.78, 5) is 17.9. The van der Waals surface area contributed by atoms with E-state index in [9.17, 15) is 4.79 Å². The van der Waals surface area contributed by atoms with Crippen LogP contribution in [-0.4, -0.2) is 10.9 Å². The topological polar surface area (TPSA) is 42.0 Å². The highest BCUT2D eigenvalue weighted by molar-refractivity contribution is 7.11. The summed E-state index contributed by atoms with van der Waals surface area (Å²) in [6.07, 6.45) is 2.90. The first-order chi connectivity index (χ1) is 9.63. The van der Waals surface area contributed by atoms with Gasteiger partial charge >= 0.3 is 0 Å². The Balaban J connectivity index is 1.79. The van der Waals surface area contributed by atoms with Crippen molar-refractivity contribution in [1.82, 2.24) is 10.3 Å². The number of carbonyl (C=O) groups excluding carboxylic acids is 1. The zero-order valence-corrected chi connectivity index (χ0v) is 13.3. The first-order valence-corrected chi connectivity index (χ1v) is 8.65. The van der Waals surface area contributed by atoms with E-state index in [0.717, 1.165) is 30.0 Å². The molecule has 0 aromatic carbocycles. The van der Waals surface area contributed by atoms with Gasteiger partial charge in [-0.2, -0.15) is 11.3 Å². The zero-order valence-electron chi connectivity index (χ0n) is 11.7. The van der Waals surface area contributed by atoms with Gasteiger partial charge in [0.2, 0.25) is 5.91 Å². The van der Waals surface area contributed by atoms with Gasteiger partial charge in [0.1, 0.15) is 5.01 Å². The van der Waals surface area contributed by atoms with Crippen molar-refractivity contribution in [2.75, 3.05) is 0 Å². The summed E-state index contributed by atoms with van der Waals surface area (Å²) in [5.41, 5.74) is 2.34. The quantitative estimate of drug-likeness (QED) is 0.916. The number of thiophene rings is 1. The fourth-order valence-corrected chi connectivity index (χ4v) is 3.78. The van der Waals surface area contributed by atoms with Crippen molar-refractivity contribution in [3.05, 3.63) is 38.0 Å². The van der Waals surface area contributed by atoms with E-state index >= 15 is 0 Å². The van der Waals surface area contributed by atoms with Crippen LogP contribution in [0.25, 0.3) is 0 Å². The summed E-state index contributed by atoms with van der Waals surface area (Å²) in [6.45, 7) is 4.11. The van der Waals surface area contributed by atoms with Gasteiger partial charge in [-0.1, -0.05) is 0 Å². The maximum Gasteiger partial charge on any atom is 0.223 e. The number of aromatic nitrogens is 1. The lowest BCUT2D eigenvalue weighted by molar-refractivity contribution is -0.123. The minimum Gasteiger partial charge on any atom is -0.346 e. The van der Waals surface area contributed by atoms with Gasteiger partial charge < -0.3 is 5.32 Å². The second kappa shape index (κ2) is 5.66. The molecule has 1 N–H and O–H groups in total. The van der Waals surface area contributed by atoms with Crippen LogP contribution in [0.3, 0.4) is 0 Å². The van der Waals surface area contributed by atoms with E-state index in [1.54, 1.807) is 22.7 Å². The molecule has 0 aliphatic heterocycles. The molecule has 2 aromatic rings. The molecule has 5 heteroatoms. The van der Waals surface area contributed by atoms with Crippen LogP contribution < -0.4 is 5.32 Å². The smallest absolute Gasteiger partial charge is 0.223 e. The van der Waals surface area contributed by atoms with Gasteiger partial charge in [0.25, 0.3) is 0 Å². The van der Waals surface area contributed by atoms with Crippen molar-refractivity contribution >= 4 is 28.6 Å². The number of amides is 1. The molecule has 0 saturated heterocycles. The molecule has 1 aliphatic rings. The molecule has 1 aliphatic carbocycles. The van der Waals surface area contributed by atoms with E-state index in [1.807, 2.05) is 6.92 Å². The molecule has 3 rings (SSSR count). The van der Waals surface area contributed by atoms with Crippen molar-refractivity contribution in [1.29, 1.82) is 0 Å². The Hall–Kier alpha value is -1.20. The lowest BCUT2D eigenvalue weighted by Crippen LogP contribution is -2.31. The molecular weight excluding hydrogens is 288 g/mol. The van der Waals surface area contributed by atoms with E-state index in [0.29, 0.717) is 0 Å². The van der Waals surface area contributed by atoms with Crippen LogP contribution in [0.1, 0.15) is 40.0 Å². The highest BCUT2D eigenvalue weighted by Gasteiger charge is 2.32. The molecule has 3 nitrogen and oxygen atoms in total. The van der Waals surface area contributed by atoms with E-state index in [1.165, 1.54) is 10.4 Å². The Bertz CT molecular complexity index is 580. The molecule has 1 amide bonds. The van der Waals surface area contributed by atoms with Gasteiger partial charge in [0.05, 0.1) is 11.7 Å². The number of hydrogen-bond acceptors (Lipinski definition) is 4. The molecule has 2 aromatic heterocycles. The van der Waals surface area contributed by atoms with Crippen LogP contribution in [0.5, 0.6) is 0 Å². The standard InChI is InChI=1S/C15H18N2OS2/c1-9-10(2)20-15(16-9)13(7-11-5-6-19-8-11)17-14(18)12-3-4-12/h5-6,8,12-13H,3-4,7H2,1-2H3,(H,17,18). The van der Waals surface area contributed by atoms with Gasteiger partial charge in [0, 0.05) is 17.2 Å². The summed E-state index contributed by atoms with van der Waals surface area (Å²) in [7, 11) is 0. The van der Waals surface area contributed by atoms with Crippen molar-refractivity contribution in [3.8, 4) is 0 Å². The van der Waals surface area contributed by atoms with Crippen molar-refractivity contribution < 1.29 is 4.79 Å².